The Balaban J connectivity index is 1.76. The lowest BCUT2D eigenvalue weighted by Crippen LogP contribution is -2.43. The van der Waals surface area contributed by atoms with Crippen molar-refractivity contribution in [2.45, 2.75) is 6.92 Å². The third-order valence-corrected chi connectivity index (χ3v) is 3.13. The van der Waals surface area contributed by atoms with E-state index in [1.807, 2.05) is 6.92 Å². The van der Waals surface area contributed by atoms with Crippen molar-refractivity contribution in [3.05, 3.63) is 66.0 Å². The molecule has 0 saturated carbocycles. The van der Waals surface area contributed by atoms with Crippen molar-refractivity contribution in [2.24, 2.45) is 0 Å². The van der Waals surface area contributed by atoms with Gasteiger partial charge in [-0.1, -0.05) is 24.3 Å². The van der Waals surface area contributed by atoms with E-state index in [2.05, 4.69) is 10.9 Å². The fourth-order valence-electron chi connectivity index (χ4n) is 1.94. The number of hydrogen-bond acceptors (Lipinski definition) is 4. The Morgan fingerprint density at radius 1 is 1.00 bits per heavy atom. The van der Waals surface area contributed by atoms with Crippen molar-refractivity contribution in [3.8, 4) is 11.5 Å². The van der Waals surface area contributed by atoms with Crippen molar-refractivity contribution in [2.75, 3.05) is 13.2 Å². The van der Waals surface area contributed by atoms with Crippen LogP contribution < -0.4 is 20.3 Å². The van der Waals surface area contributed by atoms with Crippen LogP contribution in [0.4, 0.5) is 4.39 Å². The summed E-state index contributed by atoms with van der Waals surface area (Å²) in [4.78, 5) is 23.4. The molecule has 0 radical (unpaired) electrons. The first-order valence-electron chi connectivity index (χ1n) is 7.95. The molecule has 0 saturated heterocycles. The van der Waals surface area contributed by atoms with Crippen LogP contribution in [0.15, 0.2) is 54.6 Å². The fourth-order valence-corrected chi connectivity index (χ4v) is 1.94. The highest BCUT2D eigenvalue weighted by atomic mass is 19.1. The van der Waals surface area contributed by atoms with Crippen molar-refractivity contribution in [1.29, 1.82) is 0 Å². The molecule has 7 heteroatoms. The van der Waals surface area contributed by atoms with E-state index in [0.717, 1.165) is 0 Å². The molecule has 0 atom stereocenters. The van der Waals surface area contributed by atoms with Gasteiger partial charge in [0.05, 0.1) is 6.61 Å². The number of amides is 2. The molecule has 0 aliphatic heterocycles. The van der Waals surface area contributed by atoms with Crippen molar-refractivity contribution >= 4 is 17.9 Å². The zero-order chi connectivity index (χ0) is 18.8. The van der Waals surface area contributed by atoms with Crippen LogP contribution in [0.5, 0.6) is 11.5 Å². The average molecular weight is 358 g/mol. The first kappa shape index (κ1) is 19.0. The Kier molecular flexibility index (Phi) is 7.17. The minimum atomic E-state index is -0.530. The molecule has 2 N–H and O–H groups in total. The van der Waals surface area contributed by atoms with Crippen LogP contribution in [0.1, 0.15) is 12.5 Å². The molecule has 0 aliphatic carbocycles. The number of hydrazine groups is 1. The van der Waals surface area contributed by atoms with E-state index in [4.69, 9.17) is 9.47 Å². The summed E-state index contributed by atoms with van der Waals surface area (Å²) in [5.41, 5.74) is 5.12. The van der Waals surface area contributed by atoms with Crippen molar-refractivity contribution in [3.63, 3.8) is 0 Å². The number of ether oxygens (including phenoxy) is 2. The van der Waals surface area contributed by atoms with E-state index >= 15 is 0 Å². The molecule has 0 aliphatic rings. The summed E-state index contributed by atoms with van der Waals surface area (Å²) < 4.78 is 23.6. The van der Waals surface area contributed by atoms with Crippen LogP contribution in [0.25, 0.3) is 6.08 Å². The Morgan fingerprint density at radius 3 is 2.31 bits per heavy atom. The Morgan fingerprint density at radius 2 is 1.65 bits per heavy atom. The van der Waals surface area contributed by atoms with Crippen LogP contribution in [-0.4, -0.2) is 25.0 Å². The zero-order valence-corrected chi connectivity index (χ0v) is 14.2. The lowest BCUT2D eigenvalue weighted by molar-refractivity contribution is -0.128. The van der Waals surface area contributed by atoms with Gasteiger partial charge in [0.15, 0.2) is 18.1 Å². The number of hydrogen-bond donors (Lipinski definition) is 2. The van der Waals surface area contributed by atoms with Crippen LogP contribution in [0, 0.1) is 5.82 Å². The van der Waals surface area contributed by atoms with Crippen LogP contribution in [0.3, 0.4) is 0 Å². The molecule has 2 aromatic rings. The minimum Gasteiger partial charge on any atom is -0.490 e. The zero-order valence-electron chi connectivity index (χ0n) is 14.2. The fraction of sp³-hybridized carbons (Fsp3) is 0.158. The van der Waals surface area contributed by atoms with E-state index in [0.29, 0.717) is 23.7 Å². The Hall–Kier alpha value is -3.35. The van der Waals surface area contributed by atoms with Gasteiger partial charge >= 0.3 is 0 Å². The van der Waals surface area contributed by atoms with Crippen LogP contribution >= 0.6 is 0 Å². The largest absolute Gasteiger partial charge is 0.490 e. The van der Waals surface area contributed by atoms with E-state index in [1.54, 1.807) is 24.3 Å². The molecule has 0 unspecified atom stereocenters. The number of benzene rings is 2. The monoisotopic (exact) mass is 358 g/mol. The molecule has 0 aromatic heterocycles. The predicted octanol–water partition coefficient (Wildman–Crippen LogP) is 2.46. The van der Waals surface area contributed by atoms with Gasteiger partial charge in [-0.2, -0.15) is 0 Å². The van der Waals surface area contributed by atoms with Gasteiger partial charge in [0, 0.05) is 6.08 Å². The van der Waals surface area contributed by atoms with E-state index in [-0.39, 0.29) is 12.4 Å². The van der Waals surface area contributed by atoms with Gasteiger partial charge in [-0.05, 0) is 42.8 Å². The molecule has 0 bridgehead atoms. The summed E-state index contributed by atoms with van der Waals surface area (Å²) >= 11 is 0. The highest BCUT2D eigenvalue weighted by Gasteiger charge is 2.07. The molecule has 6 nitrogen and oxygen atoms in total. The summed E-state index contributed by atoms with van der Waals surface area (Å²) in [6.45, 7) is 2.04. The number of halogens is 1. The Labute approximate surface area is 150 Å². The standard InChI is InChI=1S/C19H19FN2O4/c1-2-25-16-5-3-4-6-17(16)26-13-19(24)22-21-18(23)12-9-14-7-10-15(20)11-8-14/h3-12H,2,13H2,1H3,(H,21,23)(H,22,24)/b12-9+. The second-order valence-electron chi connectivity index (χ2n) is 5.09. The minimum absolute atomic E-state index is 0.286. The van der Waals surface area contributed by atoms with E-state index in [1.165, 1.54) is 36.4 Å². The van der Waals surface area contributed by atoms with Crippen molar-refractivity contribution < 1.29 is 23.5 Å². The van der Waals surface area contributed by atoms with Gasteiger partial charge in [0.2, 0.25) is 0 Å². The highest BCUT2D eigenvalue weighted by molar-refractivity contribution is 5.93. The Bertz CT molecular complexity index is 775. The second-order valence-corrected chi connectivity index (χ2v) is 5.09. The van der Waals surface area contributed by atoms with Crippen molar-refractivity contribution in [1.82, 2.24) is 10.9 Å². The summed E-state index contributed by atoms with van der Waals surface area (Å²) in [5, 5.41) is 0. The molecular formula is C19H19FN2O4. The maximum Gasteiger partial charge on any atom is 0.276 e. The molecule has 0 spiro atoms. The van der Waals surface area contributed by atoms with Gasteiger partial charge in [0.1, 0.15) is 5.82 Å². The molecule has 0 fully saturated rings. The van der Waals surface area contributed by atoms with Gasteiger partial charge in [-0.3, -0.25) is 20.4 Å². The maximum atomic E-state index is 12.8. The summed E-state index contributed by atoms with van der Waals surface area (Å²) in [5.74, 6) is -0.442. The van der Waals surface area contributed by atoms with Gasteiger partial charge in [-0.15, -0.1) is 0 Å². The summed E-state index contributed by atoms with van der Waals surface area (Å²) in [6.07, 6.45) is 2.72. The van der Waals surface area contributed by atoms with Crippen LogP contribution in [-0.2, 0) is 9.59 Å². The molecule has 2 aromatic carbocycles. The summed E-state index contributed by atoms with van der Waals surface area (Å²) in [7, 11) is 0. The molecule has 2 rings (SSSR count). The average Bonchev–Trinajstić information content (AvgIpc) is 2.65. The lowest BCUT2D eigenvalue weighted by Gasteiger charge is -2.11. The normalized spacial score (nSPS) is 10.4. The van der Waals surface area contributed by atoms with Crippen LogP contribution in [0.2, 0.25) is 0 Å². The van der Waals surface area contributed by atoms with Gasteiger partial charge in [0.25, 0.3) is 11.8 Å². The predicted molar refractivity (Wildman–Crippen MR) is 94.8 cm³/mol. The maximum absolute atomic E-state index is 12.8. The molecule has 2 amide bonds. The number of para-hydroxylation sites is 2. The highest BCUT2D eigenvalue weighted by Crippen LogP contribution is 2.26. The number of rotatable bonds is 7. The molecular weight excluding hydrogens is 339 g/mol. The third-order valence-electron chi connectivity index (χ3n) is 3.13. The molecule has 26 heavy (non-hydrogen) atoms. The SMILES string of the molecule is CCOc1ccccc1OCC(=O)NNC(=O)/C=C/c1ccc(F)cc1. The number of nitrogens with one attached hydrogen (secondary N) is 2. The first-order valence-corrected chi connectivity index (χ1v) is 7.95. The molecule has 0 heterocycles. The van der Waals surface area contributed by atoms with Gasteiger partial charge < -0.3 is 9.47 Å². The summed E-state index contributed by atoms with van der Waals surface area (Å²) in [6, 6.07) is 12.6. The number of carbonyl (C=O) groups is 2. The van der Waals surface area contributed by atoms with Gasteiger partial charge in [-0.25, -0.2) is 4.39 Å². The smallest absolute Gasteiger partial charge is 0.276 e. The lowest BCUT2D eigenvalue weighted by atomic mass is 10.2. The van der Waals surface area contributed by atoms with E-state index < -0.39 is 11.8 Å². The number of carbonyl (C=O) groups excluding carboxylic acids is 2. The quantitative estimate of drug-likeness (QED) is 0.589. The topological polar surface area (TPSA) is 76.7 Å². The first-order chi connectivity index (χ1) is 12.6. The van der Waals surface area contributed by atoms with E-state index in [9.17, 15) is 14.0 Å². The second kappa shape index (κ2) is 9.83. The third kappa shape index (κ3) is 6.27. The molecule has 136 valence electrons.